The van der Waals surface area contributed by atoms with Crippen LogP contribution in [0.1, 0.15) is 11.3 Å². The standard InChI is InChI=1S/C26H22N4O3/c1-30-23-9-8-18(17-7-6-16-10-11-28-26(27)20(16)12-17)13-21(23)22(29-30)15-33-24-5-3-2-4-19(24)14-25(31)32/h2-13H,14-15H2,1H3,(H2,27,28)(H,31,32). The van der Waals surface area contributed by atoms with Crippen molar-refractivity contribution in [2.45, 2.75) is 13.0 Å². The van der Waals surface area contributed by atoms with Gasteiger partial charge in [0.25, 0.3) is 0 Å². The van der Waals surface area contributed by atoms with Gasteiger partial charge in [-0.05, 0) is 46.8 Å². The molecular weight excluding hydrogens is 416 g/mol. The third kappa shape index (κ3) is 3.96. The van der Waals surface area contributed by atoms with Crippen LogP contribution in [0.25, 0.3) is 32.8 Å². The summed E-state index contributed by atoms with van der Waals surface area (Å²) < 4.78 is 7.82. The molecule has 0 aliphatic carbocycles. The van der Waals surface area contributed by atoms with Crippen LogP contribution in [0.5, 0.6) is 5.75 Å². The fourth-order valence-electron chi connectivity index (χ4n) is 4.09. The predicted octanol–water partition coefficient (Wildman–Crippen LogP) is 4.58. The molecule has 0 bridgehead atoms. The average Bonchev–Trinajstić information content (AvgIpc) is 3.13. The van der Waals surface area contributed by atoms with Crippen LogP contribution in [0.15, 0.2) is 72.9 Å². The Balaban J connectivity index is 1.50. The van der Waals surface area contributed by atoms with Gasteiger partial charge in [-0.1, -0.05) is 36.4 Å². The zero-order valence-corrected chi connectivity index (χ0v) is 18.0. The van der Waals surface area contributed by atoms with Crippen molar-refractivity contribution in [3.63, 3.8) is 0 Å². The molecule has 3 N–H and O–H groups in total. The van der Waals surface area contributed by atoms with Crippen molar-refractivity contribution < 1.29 is 14.6 Å². The number of rotatable bonds is 6. The lowest BCUT2D eigenvalue weighted by Crippen LogP contribution is -2.04. The molecule has 2 aromatic heterocycles. The van der Waals surface area contributed by atoms with Crippen molar-refractivity contribution >= 4 is 33.5 Å². The molecule has 7 heteroatoms. The van der Waals surface area contributed by atoms with E-state index >= 15 is 0 Å². The molecule has 0 atom stereocenters. The number of ether oxygens (including phenoxy) is 1. The smallest absolute Gasteiger partial charge is 0.307 e. The largest absolute Gasteiger partial charge is 0.487 e. The Hall–Kier alpha value is -4.39. The molecule has 5 aromatic rings. The van der Waals surface area contributed by atoms with Crippen molar-refractivity contribution in [3.05, 3.63) is 84.2 Å². The number of hydrogen-bond acceptors (Lipinski definition) is 5. The maximum atomic E-state index is 11.2. The number of para-hydroxylation sites is 1. The predicted molar refractivity (Wildman–Crippen MR) is 128 cm³/mol. The third-order valence-electron chi connectivity index (χ3n) is 5.74. The van der Waals surface area contributed by atoms with Crippen LogP contribution in [0.2, 0.25) is 0 Å². The van der Waals surface area contributed by atoms with Gasteiger partial charge >= 0.3 is 5.97 Å². The van der Waals surface area contributed by atoms with Gasteiger partial charge in [0, 0.05) is 29.6 Å². The van der Waals surface area contributed by atoms with Gasteiger partial charge in [-0.3, -0.25) is 9.48 Å². The number of hydrogen-bond donors (Lipinski definition) is 2. The summed E-state index contributed by atoms with van der Waals surface area (Å²) in [6, 6.07) is 21.5. The minimum absolute atomic E-state index is 0.0940. The van der Waals surface area contributed by atoms with E-state index in [-0.39, 0.29) is 13.0 Å². The molecule has 0 saturated heterocycles. The second kappa shape index (κ2) is 8.27. The van der Waals surface area contributed by atoms with E-state index in [9.17, 15) is 4.79 Å². The summed E-state index contributed by atoms with van der Waals surface area (Å²) in [5.74, 6) is 0.156. The fraction of sp³-hybridized carbons (Fsp3) is 0.115. The minimum Gasteiger partial charge on any atom is -0.487 e. The summed E-state index contributed by atoms with van der Waals surface area (Å²) in [5.41, 5.74) is 10.5. The number of nitrogens with two attached hydrogens (primary N) is 1. The number of aliphatic carboxylic acids is 1. The lowest BCUT2D eigenvalue weighted by atomic mass is 10.00. The van der Waals surface area contributed by atoms with Crippen molar-refractivity contribution in [1.82, 2.24) is 14.8 Å². The highest BCUT2D eigenvalue weighted by molar-refractivity contribution is 5.95. The van der Waals surface area contributed by atoms with Crippen LogP contribution in [0.4, 0.5) is 5.82 Å². The van der Waals surface area contributed by atoms with Crippen LogP contribution in [0.3, 0.4) is 0 Å². The molecule has 0 amide bonds. The molecule has 33 heavy (non-hydrogen) atoms. The van der Waals surface area contributed by atoms with Gasteiger partial charge < -0.3 is 15.6 Å². The number of carboxylic acid groups (broad SMARTS) is 1. The van der Waals surface area contributed by atoms with Crippen LogP contribution < -0.4 is 10.5 Å². The Labute approximate surface area is 190 Å². The Morgan fingerprint density at radius 3 is 2.61 bits per heavy atom. The number of carbonyl (C=O) groups is 1. The normalized spacial score (nSPS) is 11.2. The number of benzene rings is 3. The molecule has 7 nitrogen and oxygen atoms in total. The van der Waals surface area contributed by atoms with E-state index in [0.717, 1.165) is 38.5 Å². The molecule has 0 radical (unpaired) electrons. The Morgan fingerprint density at radius 1 is 1.03 bits per heavy atom. The van der Waals surface area contributed by atoms with Crippen molar-refractivity contribution in [3.8, 4) is 16.9 Å². The number of nitrogens with zero attached hydrogens (tertiary/aromatic N) is 3. The van der Waals surface area contributed by atoms with Gasteiger partial charge in [-0.2, -0.15) is 5.10 Å². The Bertz CT molecular complexity index is 1510. The summed E-state index contributed by atoms with van der Waals surface area (Å²) in [6.07, 6.45) is 1.61. The zero-order chi connectivity index (χ0) is 22.9. The monoisotopic (exact) mass is 438 g/mol. The van der Waals surface area contributed by atoms with Crippen LogP contribution in [-0.4, -0.2) is 25.8 Å². The second-order valence-electron chi connectivity index (χ2n) is 7.90. The molecule has 0 fully saturated rings. The van der Waals surface area contributed by atoms with Gasteiger partial charge in [-0.15, -0.1) is 0 Å². The van der Waals surface area contributed by atoms with E-state index in [0.29, 0.717) is 17.1 Å². The maximum absolute atomic E-state index is 11.2. The maximum Gasteiger partial charge on any atom is 0.307 e. The molecule has 0 unspecified atom stereocenters. The van der Waals surface area contributed by atoms with E-state index in [1.807, 2.05) is 42.1 Å². The summed E-state index contributed by atoms with van der Waals surface area (Å²) in [7, 11) is 1.90. The summed E-state index contributed by atoms with van der Waals surface area (Å²) >= 11 is 0. The molecule has 0 aliphatic rings. The number of fused-ring (bicyclic) bond motifs is 2. The minimum atomic E-state index is -0.898. The number of aryl methyl sites for hydroxylation is 1. The van der Waals surface area contributed by atoms with Crippen LogP contribution in [-0.2, 0) is 24.9 Å². The van der Waals surface area contributed by atoms with Crippen LogP contribution >= 0.6 is 0 Å². The number of anilines is 1. The Kier molecular flexibility index (Phi) is 5.14. The molecular formula is C26H22N4O3. The third-order valence-corrected chi connectivity index (χ3v) is 5.74. The zero-order valence-electron chi connectivity index (χ0n) is 18.0. The second-order valence-corrected chi connectivity index (χ2v) is 7.90. The van der Waals surface area contributed by atoms with E-state index in [4.69, 9.17) is 15.6 Å². The highest BCUT2D eigenvalue weighted by atomic mass is 16.5. The first-order valence-electron chi connectivity index (χ1n) is 10.5. The SMILES string of the molecule is Cn1nc(COc2ccccc2CC(=O)O)c2cc(-c3ccc4ccnc(N)c4c3)ccc21. The first-order valence-corrected chi connectivity index (χ1v) is 10.5. The Morgan fingerprint density at radius 2 is 1.79 bits per heavy atom. The molecule has 5 rings (SSSR count). The van der Waals surface area contributed by atoms with E-state index in [1.165, 1.54) is 0 Å². The van der Waals surface area contributed by atoms with Crippen LogP contribution in [0, 0.1) is 0 Å². The van der Waals surface area contributed by atoms with Gasteiger partial charge in [0.1, 0.15) is 23.9 Å². The molecule has 2 heterocycles. The average molecular weight is 438 g/mol. The topological polar surface area (TPSA) is 103 Å². The highest BCUT2D eigenvalue weighted by Gasteiger charge is 2.13. The van der Waals surface area contributed by atoms with Gasteiger partial charge in [-0.25, -0.2) is 4.98 Å². The molecule has 0 aliphatic heterocycles. The number of pyridine rings is 1. The van der Waals surface area contributed by atoms with Crippen molar-refractivity contribution in [1.29, 1.82) is 0 Å². The van der Waals surface area contributed by atoms with Crippen molar-refractivity contribution in [2.24, 2.45) is 7.05 Å². The summed E-state index contributed by atoms with van der Waals surface area (Å²) in [4.78, 5) is 15.4. The van der Waals surface area contributed by atoms with Gasteiger partial charge in [0.2, 0.25) is 0 Å². The van der Waals surface area contributed by atoms with E-state index in [1.54, 1.807) is 24.4 Å². The molecule has 0 saturated carbocycles. The summed E-state index contributed by atoms with van der Waals surface area (Å²) in [6.45, 7) is 0.228. The number of nitrogen functional groups attached to an aromatic ring is 1. The molecule has 164 valence electrons. The molecule has 3 aromatic carbocycles. The number of carboxylic acids is 1. The van der Waals surface area contributed by atoms with Crippen molar-refractivity contribution in [2.75, 3.05) is 5.73 Å². The lowest BCUT2D eigenvalue weighted by molar-refractivity contribution is -0.136. The van der Waals surface area contributed by atoms with Gasteiger partial charge in [0.05, 0.1) is 11.9 Å². The lowest BCUT2D eigenvalue weighted by Gasteiger charge is -2.09. The summed E-state index contributed by atoms with van der Waals surface area (Å²) in [5, 5.41) is 16.7. The quantitative estimate of drug-likeness (QED) is 0.402. The first kappa shape index (κ1) is 20.5. The highest BCUT2D eigenvalue weighted by Crippen LogP contribution is 2.30. The fourth-order valence-corrected chi connectivity index (χ4v) is 4.09. The van der Waals surface area contributed by atoms with E-state index < -0.39 is 5.97 Å². The number of aromatic nitrogens is 3. The first-order chi connectivity index (χ1) is 16.0. The van der Waals surface area contributed by atoms with E-state index in [2.05, 4.69) is 28.3 Å². The van der Waals surface area contributed by atoms with Gasteiger partial charge in [0.15, 0.2) is 0 Å². The molecule has 0 spiro atoms.